The summed E-state index contributed by atoms with van der Waals surface area (Å²) >= 11 is 0. The predicted octanol–water partition coefficient (Wildman–Crippen LogP) is 1.41. The highest BCUT2D eigenvalue weighted by Crippen LogP contribution is 2.49. The number of aromatic nitrogens is 6. The number of hydrogen-bond donors (Lipinski definition) is 1. The van der Waals surface area contributed by atoms with Crippen molar-refractivity contribution in [2.24, 2.45) is 14.1 Å². The van der Waals surface area contributed by atoms with Crippen LogP contribution in [0, 0.1) is 6.92 Å². The van der Waals surface area contributed by atoms with Crippen LogP contribution in [-0.2, 0) is 37.2 Å². The van der Waals surface area contributed by atoms with Crippen molar-refractivity contribution in [3.63, 3.8) is 0 Å². The Bertz CT molecular complexity index is 1790. The fourth-order valence-corrected chi connectivity index (χ4v) is 5.93. The standard InChI is InChI=1S/C23H24F3N7O4S/c1-14-8-16(31(3)28-14)13-32-19-5-4-17(38(36,37)29-22(6-7-22)23(24,25)26)9-18(19)20(34)33(21(32)35)12-15-10-27-30(2)11-15/h4-5,8-11,29H,6-7,12-13H2,1-3H3. The van der Waals surface area contributed by atoms with Gasteiger partial charge in [0.1, 0.15) is 5.54 Å². The minimum absolute atomic E-state index is 0.0154. The molecule has 0 spiro atoms. The number of fused-ring (bicyclic) bond motifs is 1. The number of sulfonamides is 1. The number of alkyl halides is 3. The lowest BCUT2D eigenvalue weighted by atomic mass is 10.2. The van der Waals surface area contributed by atoms with E-state index in [4.69, 9.17) is 0 Å². The Morgan fingerprint density at radius 3 is 2.34 bits per heavy atom. The Kier molecular flexibility index (Phi) is 5.90. The molecule has 5 rings (SSSR count). The van der Waals surface area contributed by atoms with Gasteiger partial charge in [-0.1, -0.05) is 0 Å². The molecule has 1 N–H and O–H groups in total. The minimum atomic E-state index is -4.75. The second-order valence-corrected chi connectivity index (χ2v) is 11.2. The van der Waals surface area contributed by atoms with Gasteiger partial charge in [0, 0.05) is 25.9 Å². The van der Waals surface area contributed by atoms with E-state index in [1.165, 1.54) is 21.5 Å². The van der Waals surface area contributed by atoms with Gasteiger partial charge in [-0.25, -0.2) is 13.2 Å². The van der Waals surface area contributed by atoms with Crippen molar-refractivity contribution in [1.82, 2.24) is 33.4 Å². The molecule has 0 saturated heterocycles. The fourth-order valence-electron chi connectivity index (χ4n) is 4.46. The normalized spacial score (nSPS) is 15.3. The van der Waals surface area contributed by atoms with Crippen molar-refractivity contribution in [3.8, 4) is 0 Å². The summed E-state index contributed by atoms with van der Waals surface area (Å²) in [6.07, 6.45) is -2.38. The molecule has 11 nitrogen and oxygen atoms in total. The summed E-state index contributed by atoms with van der Waals surface area (Å²) in [6.45, 7) is 1.66. The molecule has 3 heterocycles. The van der Waals surface area contributed by atoms with Gasteiger partial charge >= 0.3 is 11.9 Å². The second-order valence-electron chi connectivity index (χ2n) is 9.55. The van der Waals surface area contributed by atoms with E-state index in [0.29, 0.717) is 17.0 Å². The summed E-state index contributed by atoms with van der Waals surface area (Å²) in [5.41, 5.74) is -1.89. The molecule has 0 atom stereocenters. The Labute approximate surface area is 214 Å². The number of rotatable bonds is 7. The van der Waals surface area contributed by atoms with Crippen LogP contribution >= 0.6 is 0 Å². The molecule has 1 saturated carbocycles. The molecule has 1 aromatic carbocycles. The highest BCUT2D eigenvalue weighted by molar-refractivity contribution is 7.89. The van der Waals surface area contributed by atoms with Crippen LogP contribution in [0.2, 0.25) is 0 Å². The first-order valence-corrected chi connectivity index (χ1v) is 13.0. The first-order valence-electron chi connectivity index (χ1n) is 11.6. The average Bonchev–Trinajstić information content (AvgIpc) is 3.39. The largest absolute Gasteiger partial charge is 0.407 e. The third kappa shape index (κ3) is 4.45. The lowest BCUT2D eigenvalue weighted by molar-refractivity contribution is -0.160. The second kappa shape index (κ2) is 8.66. The molecule has 3 aromatic heterocycles. The van der Waals surface area contributed by atoms with Crippen molar-refractivity contribution in [3.05, 3.63) is 74.4 Å². The van der Waals surface area contributed by atoms with Crippen LogP contribution in [0.25, 0.3) is 10.9 Å². The highest BCUT2D eigenvalue weighted by atomic mass is 32.2. The molecular weight excluding hydrogens is 527 g/mol. The lowest BCUT2D eigenvalue weighted by Gasteiger charge is -2.21. The molecule has 15 heteroatoms. The molecule has 4 aromatic rings. The molecule has 1 fully saturated rings. The fraction of sp³-hybridized carbons (Fsp3) is 0.391. The van der Waals surface area contributed by atoms with Crippen LogP contribution in [-0.4, -0.2) is 48.8 Å². The molecule has 1 aliphatic carbocycles. The smallest absolute Gasteiger partial charge is 0.287 e. The van der Waals surface area contributed by atoms with Gasteiger partial charge < -0.3 is 0 Å². The average molecular weight is 552 g/mol. The SMILES string of the molecule is Cc1cc(Cn2c(=O)n(Cc3cnn(C)c3)c(=O)c3cc(S(=O)(=O)NC4(C(F)(F)F)CC4)ccc32)n(C)n1. The summed E-state index contributed by atoms with van der Waals surface area (Å²) in [5, 5.41) is 8.19. The van der Waals surface area contributed by atoms with Crippen molar-refractivity contribution >= 4 is 20.9 Å². The van der Waals surface area contributed by atoms with Gasteiger partial charge in [-0.15, -0.1) is 0 Å². The van der Waals surface area contributed by atoms with Crippen LogP contribution in [0.3, 0.4) is 0 Å². The maximum Gasteiger partial charge on any atom is 0.407 e. The Morgan fingerprint density at radius 1 is 1.08 bits per heavy atom. The monoisotopic (exact) mass is 551 g/mol. The van der Waals surface area contributed by atoms with Crippen molar-refractivity contribution in [2.75, 3.05) is 0 Å². The molecule has 38 heavy (non-hydrogen) atoms. The van der Waals surface area contributed by atoms with E-state index < -0.39 is 37.9 Å². The molecule has 0 amide bonds. The maximum atomic E-state index is 13.5. The van der Waals surface area contributed by atoms with E-state index in [-0.39, 0.29) is 36.8 Å². The van der Waals surface area contributed by atoms with Gasteiger partial charge in [-0.2, -0.15) is 28.1 Å². The van der Waals surface area contributed by atoms with Crippen LogP contribution in [0.1, 0.15) is 29.8 Å². The minimum Gasteiger partial charge on any atom is -0.287 e. The van der Waals surface area contributed by atoms with Crippen molar-refractivity contribution in [2.45, 2.75) is 49.5 Å². The predicted molar refractivity (Wildman–Crippen MR) is 130 cm³/mol. The quantitative estimate of drug-likeness (QED) is 0.370. The zero-order valence-electron chi connectivity index (χ0n) is 20.7. The number of halogens is 3. The number of nitrogens with one attached hydrogen (secondary N) is 1. The Hall–Kier alpha value is -3.72. The number of nitrogens with zero attached hydrogens (tertiary/aromatic N) is 6. The van der Waals surface area contributed by atoms with E-state index in [1.54, 1.807) is 42.7 Å². The van der Waals surface area contributed by atoms with Gasteiger partial charge in [0.25, 0.3) is 5.56 Å². The maximum absolute atomic E-state index is 13.5. The van der Waals surface area contributed by atoms with E-state index >= 15 is 0 Å². The number of aryl methyl sites for hydroxylation is 3. The van der Waals surface area contributed by atoms with Gasteiger partial charge in [-0.3, -0.25) is 23.3 Å². The van der Waals surface area contributed by atoms with Crippen LogP contribution < -0.4 is 16.0 Å². The molecule has 0 unspecified atom stereocenters. The Morgan fingerprint density at radius 2 is 1.79 bits per heavy atom. The van der Waals surface area contributed by atoms with E-state index in [0.717, 1.165) is 16.7 Å². The first kappa shape index (κ1) is 25.9. The summed E-state index contributed by atoms with van der Waals surface area (Å²) in [6, 6.07) is 5.13. The Balaban J connectivity index is 1.68. The molecule has 1 aliphatic rings. The number of benzene rings is 1. The first-order chi connectivity index (χ1) is 17.7. The lowest BCUT2D eigenvalue weighted by Crippen LogP contribution is -2.47. The van der Waals surface area contributed by atoms with Crippen LogP contribution in [0.4, 0.5) is 13.2 Å². The molecule has 0 aliphatic heterocycles. The van der Waals surface area contributed by atoms with Crippen molar-refractivity contribution in [1.29, 1.82) is 0 Å². The van der Waals surface area contributed by atoms with Gasteiger partial charge in [-0.05, 0) is 44.0 Å². The number of hydrogen-bond acceptors (Lipinski definition) is 6. The van der Waals surface area contributed by atoms with Gasteiger partial charge in [0.2, 0.25) is 10.0 Å². The van der Waals surface area contributed by atoms with Gasteiger partial charge in [0.15, 0.2) is 0 Å². The zero-order valence-corrected chi connectivity index (χ0v) is 21.5. The highest BCUT2D eigenvalue weighted by Gasteiger charge is 2.65. The van der Waals surface area contributed by atoms with E-state index in [2.05, 4.69) is 10.2 Å². The third-order valence-corrected chi connectivity index (χ3v) is 8.18. The van der Waals surface area contributed by atoms with Crippen LogP contribution in [0.5, 0.6) is 0 Å². The third-order valence-electron chi connectivity index (χ3n) is 6.65. The van der Waals surface area contributed by atoms with E-state index in [9.17, 15) is 31.2 Å². The molecular formula is C23H24F3N7O4S. The molecule has 202 valence electrons. The van der Waals surface area contributed by atoms with Crippen molar-refractivity contribution < 1.29 is 21.6 Å². The summed E-state index contributed by atoms with van der Waals surface area (Å²) in [5.74, 6) is 0. The summed E-state index contributed by atoms with van der Waals surface area (Å²) in [4.78, 5) is 26.5. The van der Waals surface area contributed by atoms with Crippen LogP contribution in [0.15, 0.2) is 51.1 Å². The summed E-state index contributed by atoms with van der Waals surface area (Å²) < 4.78 is 73.3. The zero-order chi connectivity index (χ0) is 27.6. The summed E-state index contributed by atoms with van der Waals surface area (Å²) in [7, 11) is -1.26. The molecule has 0 bridgehead atoms. The van der Waals surface area contributed by atoms with Gasteiger partial charge in [0.05, 0.1) is 46.5 Å². The van der Waals surface area contributed by atoms with E-state index in [1.807, 2.05) is 0 Å². The topological polar surface area (TPSA) is 126 Å². The molecule has 0 radical (unpaired) electrons.